The van der Waals surface area contributed by atoms with Crippen LogP contribution in [0.3, 0.4) is 0 Å². The van der Waals surface area contributed by atoms with Gasteiger partial charge in [0, 0.05) is 151 Å². The van der Waals surface area contributed by atoms with Gasteiger partial charge in [0.05, 0.1) is 83.2 Å². The van der Waals surface area contributed by atoms with Gasteiger partial charge in [-0.2, -0.15) is 26.7 Å². The van der Waals surface area contributed by atoms with E-state index in [1.807, 2.05) is 201 Å². The van der Waals surface area contributed by atoms with E-state index in [0.29, 0.717) is 13.2 Å². The first-order chi connectivity index (χ1) is 71.9. The van der Waals surface area contributed by atoms with Crippen molar-refractivity contribution in [3.63, 3.8) is 0 Å². The van der Waals surface area contributed by atoms with Crippen molar-refractivity contribution in [1.29, 1.82) is 0 Å². The molecule has 0 unspecified atom stereocenters. The Morgan fingerprint density at radius 1 is 0.480 bits per heavy atom. The van der Waals surface area contributed by atoms with E-state index in [-0.39, 0.29) is 42.9 Å². The lowest BCUT2D eigenvalue weighted by Crippen LogP contribution is -2.35. The summed E-state index contributed by atoms with van der Waals surface area (Å²) in [5.74, 6) is -0.392. The molecular weight excluding hydrogens is 2210 g/mol. The summed E-state index contributed by atoms with van der Waals surface area (Å²) in [5, 5.41) is 25.5. The van der Waals surface area contributed by atoms with Crippen LogP contribution < -0.4 is 28.6 Å². The number of thiazole rings is 3. The van der Waals surface area contributed by atoms with Gasteiger partial charge in [-0.25, -0.2) is 9.97 Å². The molecule has 0 aliphatic carbocycles. The molecule has 19 nitrogen and oxygen atoms in total. The number of ether oxygens (including phenoxy) is 2. The van der Waals surface area contributed by atoms with Crippen LogP contribution >= 0.6 is 130 Å². The molecule has 150 heavy (non-hydrogen) atoms. The molecule has 0 saturated heterocycles. The van der Waals surface area contributed by atoms with Gasteiger partial charge in [-0.1, -0.05) is 306 Å². The Morgan fingerprint density at radius 3 is 1.46 bits per heavy atom. The summed E-state index contributed by atoms with van der Waals surface area (Å²) in [6, 6.07) is 121. The number of aromatic amines is 1. The summed E-state index contributed by atoms with van der Waals surface area (Å²) in [6.07, 6.45) is 5.68. The van der Waals surface area contributed by atoms with Gasteiger partial charge >= 0.3 is 17.1 Å². The average molecular weight is 2330 g/mol. The van der Waals surface area contributed by atoms with Gasteiger partial charge in [-0.3, -0.25) is 23.1 Å². The quantitative estimate of drug-likeness (QED) is 0.0123. The van der Waals surface area contributed by atoms with Crippen LogP contribution in [0.2, 0.25) is 10.0 Å². The Labute approximate surface area is 931 Å². The Balaban J connectivity index is 0.000000163. The predicted octanol–water partition coefficient (Wildman–Crippen LogP) is 30.4. The van der Waals surface area contributed by atoms with E-state index in [0.717, 1.165) is 144 Å². The number of nitrogens with zero attached hydrogens (tertiary/aromatic N) is 7. The maximum atomic E-state index is 12.0. The number of carbonyl (C=O) groups excluding carboxylic acids is 2. The number of benzene rings is 13. The standard InChI is InChI=1S/C27H25N2OS.C16H13ClN.C15H10ClN.C15H11NO.C13H16NO2S.C11H14NOS.C8H7NS.C8H10O3S.C5H9IO2.CH4.Cl3OP/c1-28-23-13-6-5-12-22(23)21(18-25(28)20-10-3-2-4-11-20)19-27-29(16-9-17-30)24-14-7-8-15-26(24)31-27;1-18-15-10-6-5-9-13(15)14(17)11-16(18)12-7-3-2-4-8-12;16-13-10-15(11-6-2-1-3-7-11)17-14-9-5-4-8-12(13)14;17-15-10-14(11-6-2-1-3-7-11)16-13-9-5-4-8-12(13)15;1-10-14(8-5-9-16-11(2)15)12-6-3-4-7-13(12)17-10;1-9-12(7-4-8-13)10-5-2-3-6-11(10)14-9;1-6-9-7-4-2-3-5-8(7)10-6;1-7-3-5-8(6-4-7)12(9,10)11-2;1-5(7)8-4-2-3-6;;1-5(2,3)4/h2-8,10-15,18-19,30H,9,16-17H2,1H3;2-11H,1H3;1-10H;1-10H,(H,16,17);3-4,6-7H,5,8-9H2,1-2H3;2-3,5-6,13H,4,7-8H2,1H3;2-5H,1H3;3-6H,1-2H3;2-4H2,1H3;1H4;/q2*+1;;;2*+1;;;;;. The number of aromatic nitrogens is 7. The molecule has 8 heterocycles. The van der Waals surface area contributed by atoms with Crippen LogP contribution in [-0.4, -0.2) is 90.0 Å². The molecule has 1 aliphatic heterocycles. The van der Waals surface area contributed by atoms with E-state index in [1.165, 1.54) is 110 Å². The van der Waals surface area contributed by atoms with Crippen LogP contribution in [0.1, 0.15) is 73.1 Å². The third-order valence-electron chi connectivity index (χ3n) is 23.0. The van der Waals surface area contributed by atoms with Crippen LogP contribution in [0.25, 0.3) is 125 Å². The molecule has 7 aromatic heterocycles. The van der Waals surface area contributed by atoms with E-state index in [2.05, 4.69) is 295 Å². The summed E-state index contributed by atoms with van der Waals surface area (Å²) >= 11 is 35.9. The SMILES string of the molecule is C.CC(=O)OCCCI.CC(=O)OCCC[n+]1c(C)sc2ccccc21.COS(=O)(=O)c1ccc(C)cc1.C[n+]1c(-c2ccccc2)cc(C=C2Sc3ccccc3N2CCCO)c2ccccc21.C[n+]1c(-c2ccccc2)cc(Cl)c2ccccc21.Cc1nc2ccccc2s1.Cc1sc2ccccc2[n+]1CCCO.Clc1cc(-c2ccccc2)nc2ccccc12.O=P(Cl)(Cl)Cl.O=c1cc(-c2ccccc2)[nH]c2ccccc12. The highest BCUT2D eigenvalue weighted by molar-refractivity contribution is 14.1. The van der Waals surface area contributed by atoms with Gasteiger partial charge in [0.15, 0.2) is 18.5 Å². The first kappa shape index (κ1) is 118. The van der Waals surface area contributed by atoms with Gasteiger partial charge in [-0.05, 0) is 187 Å². The number of halogens is 6. The second-order valence-corrected chi connectivity index (χ2v) is 48.5. The molecule has 1 aliphatic rings. The predicted molar refractivity (Wildman–Crippen MR) is 636 cm³/mol. The largest absolute Gasteiger partial charge is 0.466 e. The highest BCUT2D eigenvalue weighted by Gasteiger charge is 2.27. The molecule has 0 saturated carbocycles. The normalized spacial score (nSPS) is 11.4. The van der Waals surface area contributed by atoms with Crippen molar-refractivity contribution in [2.24, 2.45) is 14.1 Å². The molecule has 0 spiro atoms. The van der Waals surface area contributed by atoms with Gasteiger partial charge in [0.25, 0.3) is 10.1 Å². The molecule has 21 rings (SSSR count). The molecule has 0 radical (unpaired) electrons. The molecule has 31 heteroatoms. The summed E-state index contributed by atoms with van der Waals surface area (Å²) < 4.78 is 59.6. The minimum Gasteiger partial charge on any atom is -0.466 e. The lowest BCUT2D eigenvalue weighted by molar-refractivity contribution is -0.673. The number of H-pyrrole nitrogens is 1. The fraction of sp³-hybridized carbons (Fsp3) is 0.185. The lowest BCUT2D eigenvalue weighted by Gasteiger charge is -2.20. The molecule has 0 atom stereocenters. The number of fused-ring (bicyclic) bond motifs is 8. The zero-order chi connectivity index (χ0) is 106. The van der Waals surface area contributed by atoms with Gasteiger partial charge in [-0.15, -0.1) is 11.3 Å². The van der Waals surface area contributed by atoms with Gasteiger partial charge in [0.1, 0.15) is 23.5 Å². The van der Waals surface area contributed by atoms with E-state index in [1.54, 1.807) is 52.6 Å². The first-order valence-electron chi connectivity index (χ1n) is 47.8. The summed E-state index contributed by atoms with van der Waals surface area (Å²) in [7, 11) is 1.84. The number of hydrogen-bond acceptors (Lipinski definition) is 18. The molecule has 0 fully saturated rings. The molecule has 0 amide bonds. The maximum Gasteiger partial charge on any atom is 0.339 e. The zero-order valence-electron chi connectivity index (χ0n) is 83.7. The van der Waals surface area contributed by atoms with Crippen molar-refractivity contribution in [3.05, 3.63) is 415 Å². The highest BCUT2D eigenvalue weighted by atomic mass is 127. The van der Waals surface area contributed by atoms with Crippen LogP contribution in [0.4, 0.5) is 5.69 Å². The number of anilines is 1. The lowest BCUT2D eigenvalue weighted by atomic mass is 10.0. The summed E-state index contributed by atoms with van der Waals surface area (Å²) in [6.45, 7) is 15.2. The number of carbonyl (C=O) groups is 2. The highest BCUT2D eigenvalue weighted by Crippen LogP contribution is 2.61. The zero-order valence-corrected chi connectivity index (χ0v) is 94.6. The smallest absolute Gasteiger partial charge is 0.339 e. The Bertz CT molecular complexity index is 8080. The van der Waals surface area contributed by atoms with Crippen LogP contribution in [0.15, 0.2) is 384 Å². The number of aryl methyl sites for hydroxylation is 8. The number of esters is 2. The number of nitrogens with one attached hydrogen (secondary N) is 1. The summed E-state index contributed by atoms with van der Waals surface area (Å²) in [5.41, 5.74) is 19.9. The summed E-state index contributed by atoms with van der Waals surface area (Å²) in [4.78, 5) is 48.7. The maximum absolute atomic E-state index is 12.0. The monoisotopic (exact) mass is 2330 g/mol. The molecule has 3 N–H and O–H groups in total. The van der Waals surface area contributed by atoms with Gasteiger partial charge < -0.3 is 29.6 Å². The van der Waals surface area contributed by atoms with E-state index in [4.69, 9.17) is 33.0 Å². The van der Waals surface area contributed by atoms with Crippen molar-refractivity contribution >= 4 is 239 Å². The second kappa shape index (κ2) is 59.7. The number of aliphatic hydroxyl groups excluding tert-OH is 2. The number of hydrogen-bond donors (Lipinski definition) is 3. The molecule has 20 aromatic rings. The number of alkyl halides is 1. The van der Waals surface area contributed by atoms with Gasteiger partial charge in [0.2, 0.25) is 43.5 Å². The van der Waals surface area contributed by atoms with Crippen LogP contribution in [0, 0.1) is 27.7 Å². The van der Waals surface area contributed by atoms with Crippen molar-refractivity contribution in [1.82, 2.24) is 15.0 Å². The number of pyridine rings is 4. The third-order valence-corrected chi connectivity index (χ3v) is 29.9. The topological polar surface area (TPSA) is 231 Å². The molecule has 13 aromatic carbocycles. The number of aliphatic hydroxyl groups is 2. The minimum atomic E-state index is -3.51. The Hall–Kier alpha value is -12.0. The van der Waals surface area contributed by atoms with Crippen molar-refractivity contribution < 1.29 is 64.7 Å². The number of rotatable bonds is 20. The van der Waals surface area contributed by atoms with E-state index in [9.17, 15) is 32.5 Å². The molecular formula is C119H119Cl5IN8O11PS5+4. The molecule has 0 bridgehead atoms. The fourth-order valence-electron chi connectivity index (χ4n) is 15.9. The first-order valence-corrected chi connectivity index (χ1v) is 59.1. The van der Waals surface area contributed by atoms with Crippen molar-refractivity contribution in [2.45, 2.75) is 97.5 Å². The Morgan fingerprint density at radius 2 is 0.920 bits per heavy atom. The van der Waals surface area contributed by atoms with Crippen molar-refractivity contribution in [3.8, 4) is 45.0 Å². The number of thioether (sulfide) groups is 1. The third kappa shape index (κ3) is 34.8. The molecule has 774 valence electrons. The fourth-order valence-corrected chi connectivity index (χ4v) is 21.5. The number of para-hydroxylation sites is 8. The van der Waals surface area contributed by atoms with Crippen molar-refractivity contribution in [2.75, 3.05) is 49.4 Å². The van der Waals surface area contributed by atoms with Crippen LogP contribution in [-0.2, 0) is 65.1 Å². The van der Waals surface area contributed by atoms with Crippen LogP contribution in [0.5, 0.6) is 0 Å². The Kier molecular flexibility index (Phi) is 47.1. The van der Waals surface area contributed by atoms with E-state index >= 15 is 0 Å². The van der Waals surface area contributed by atoms with E-state index < -0.39 is 15.3 Å². The average Bonchev–Trinajstić information content (AvgIpc) is 1.54. The second-order valence-electron chi connectivity index (χ2n) is 33.5. The minimum absolute atomic E-state index is 0.